The number of carboxylic acids is 1. The lowest BCUT2D eigenvalue weighted by atomic mass is 10.0. The molecular weight excluding hydrogens is 168 g/mol. The standard InChI is InChI=1S/C9H14N2O2/c1-4-6(2)8-7(9(12)13)5-10-11(8)3/h5-6H,4H2,1-3H3,(H,12,13). The van der Waals surface area contributed by atoms with E-state index < -0.39 is 5.97 Å². The summed E-state index contributed by atoms with van der Waals surface area (Å²) in [5, 5.41) is 12.8. The Hall–Kier alpha value is -1.32. The molecule has 0 aliphatic carbocycles. The number of aromatic carboxylic acids is 1. The molecule has 72 valence electrons. The van der Waals surface area contributed by atoms with Gasteiger partial charge < -0.3 is 5.11 Å². The van der Waals surface area contributed by atoms with E-state index in [-0.39, 0.29) is 5.92 Å². The molecule has 1 aromatic heterocycles. The molecule has 1 rings (SSSR count). The molecule has 0 saturated heterocycles. The molecule has 0 aliphatic heterocycles. The molecule has 0 aromatic carbocycles. The average Bonchev–Trinajstić information content (AvgIpc) is 2.46. The molecular formula is C9H14N2O2. The number of hydrogen-bond acceptors (Lipinski definition) is 2. The van der Waals surface area contributed by atoms with Gasteiger partial charge in [-0.05, 0) is 12.3 Å². The Morgan fingerprint density at radius 1 is 1.77 bits per heavy atom. The molecule has 0 radical (unpaired) electrons. The minimum Gasteiger partial charge on any atom is -0.478 e. The van der Waals surface area contributed by atoms with E-state index in [2.05, 4.69) is 5.10 Å². The summed E-state index contributed by atoms with van der Waals surface area (Å²) in [6.45, 7) is 4.03. The SMILES string of the molecule is CCC(C)c1c(C(=O)O)cnn1C. The molecule has 0 amide bonds. The third-order valence-corrected chi connectivity index (χ3v) is 2.29. The van der Waals surface area contributed by atoms with Crippen molar-refractivity contribution in [3.05, 3.63) is 17.5 Å². The Kier molecular flexibility index (Phi) is 2.70. The van der Waals surface area contributed by atoms with Crippen molar-refractivity contribution in [2.45, 2.75) is 26.2 Å². The second-order valence-corrected chi connectivity index (χ2v) is 3.18. The van der Waals surface area contributed by atoms with Crippen molar-refractivity contribution in [2.75, 3.05) is 0 Å². The van der Waals surface area contributed by atoms with Crippen LogP contribution >= 0.6 is 0 Å². The second-order valence-electron chi connectivity index (χ2n) is 3.18. The molecule has 1 unspecified atom stereocenters. The maximum Gasteiger partial charge on any atom is 0.339 e. The number of carboxylic acid groups (broad SMARTS) is 1. The van der Waals surface area contributed by atoms with Crippen LogP contribution < -0.4 is 0 Å². The molecule has 1 aromatic rings. The number of nitrogens with zero attached hydrogens (tertiary/aromatic N) is 2. The summed E-state index contributed by atoms with van der Waals surface area (Å²) >= 11 is 0. The first kappa shape index (κ1) is 9.77. The van der Waals surface area contributed by atoms with Gasteiger partial charge in [-0.2, -0.15) is 5.10 Å². The van der Waals surface area contributed by atoms with Gasteiger partial charge in [-0.1, -0.05) is 13.8 Å². The van der Waals surface area contributed by atoms with E-state index in [0.29, 0.717) is 5.56 Å². The van der Waals surface area contributed by atoms with E-state index in [1.807, 2.05) is 13.8 Å². The van der Waals surface area contributed by atoms with Gasteiger partial charge in [0.2, 0.25) is 0 Å². The van der Waals surface area contributed by atoms with Crippen LogP contribution in [0.25, 0.3) is 0 Å². The Bertz CT molecular complexity index is 317. The van der Waals surface area contributed by atoms with Crippen LogP contribution in [0.15, 0.2) is 6.20 Å². The van der Waals surface area contributed by atoms with Gasteiger partial charge >= 0.3 is 5.97 Å². The molecule has 1 atom stereocenters. The average molecular weight is 182 g/mol. The Labute approximate surface area is 77.2 Å². The van der Waals surface area contributed by atoms with Crippen LogP contribution in [0.4, 0.5) is 0 Å². The molecule has 0 fully saturated rings. The zero-order valence-corrected chi connectivity index (χ0v) is 8.11. The number of rotatable bonds is 3. The predicted molar refractivity (Wildman–Crippen MR) is 48.9 cm³/mol. The Morgan fingerprint density at radius 2 is 2.38 bits per heavy atom. The highest BCUT2D eigenvalue weighted by Crippen LogP contribution is 2.21. The molecule has 0 bridgehead atoms. The van der Waals surface area contributed by atoms with Crippen LogP contribution in [0.3, 0.4) is 0 Å². The Balaban J connectivity index is 3.15. The van der Waals surface area contributed by atoms with Crippen molar-refractivity contribution >= 4 is 5.97 Å². The van der Waals surface area contributed by atoms with Gasteiger partial charge in [0.05, 0.1) is 11.9 Å². The zero-order chi connectivity index (χ0) is 10.0. The van der Waals surface area contributed by atoms with Gasteiger partial charge in [-0.15, -0.1) is 0 Å². The monoisotopic (exact) mass is 182 g/mol. The van der Waals surface area contributed by atoms with Crippen LogP contribution in [0.5, 0.6) is 0 Å². The third-order valence-electron chi connectivity index (χ3n) is 2.29. The highest BCUT2D eigenvalue weighted by Gasteiger charge is 2.18. The van der Waals surface area contributed by atoms with Crippen LogP contribution in [-0.2, 0) is 7.05 Å². The first-order chi connectivity index (χ1) is 6.07. The lowest BCUT2D eigenvalue weighted by Gasteiger charge is -2.09. The van der Waals surface area contributed by atoms with Gasteiger partial charge in [0.15, 0.2) is 0 Å². The van der Waals surface area contributed by atoms with Crippen LogP contribution in [-0.4, -0.2) is 20.9 Å². The normalized spacial score (nSPS) is 12.8. The predicted octanol–water partition coefficient (Wildman–Crippen LogP) is 1.63. The van der Waals surface area contributed by atoms with E-state index in [1.165, 1.54) is 6.20 Å². The first-order valence-corrected chi connectivity index (χ1v) is 4.33. The van der Waals surface area contributed by atoms with Crippen LogP contribution in [0.1, 0.15) is 42.2 Å². The lowest BCUT2D eigenvalue weighted by molar-refractivity contribution is 0.0695. The van der Waals surface area contributed by atoms with Crippen LogP contribution in [0.2, 0.25) is 0 Å². The van der Waals surface area contributed by atoms with Gasteiger partial charge in [0.1, 0.15) is 5.56 Å². The third kappa shape index (κ3) is 1.71. The fraction of sp³-hybridized carbons (Fsp3) is 0.556. The van der Waals surface area contributed by atoms with Crippen LogP contribution in [0, 0.1) is 0 Å². The molecule has 0 aliphatic rings. The zero-order valence-electron chi connectivity index (χ0n) is 8.11. The minimum absolute atomic E-state index is 0.235. The van der Waals surface area contributed by atoms with Crippen molar-refractivity contribution in [1.29, 1.82) is 0 Å². The van der Waals surface area contributed by atoms with E-state index in [4.69, 9.17) is 5.11 Å². The molecule has 4 nitrogen and oxygen atoms in total. The van der Waals surface area contributed by atoms with Gasteiger partial charge in [-0.3, -0.25) is 4.68 Å². The Morgan fingerprint density at radius 3 is 2.85 bits per heavy atom. The second kappa shape index (κ2) is 3.60. The summed E-state index contributed by atoms with van der Waals surface area (Å²) in [5.41, 5.74) is 1.12. The molecule has 1 heterocycles. The van der Waals surface area contributed by atoms with Crippen molar-refractivity contribution < 1.29 is 9.90 Å². The number of aryl methyl sites for hydroxylation is 1. The highest BCUT2D eigenvalue weighted by molar-refractivity contribution is 5.88. The minimum atomic E-state index is -0.900. The van der Waals surface area contributed by atoms with E-state index in [9.17, 15) is 4.79 Å². The molecule has 13 heavy (non-hydrogen) atoms. The van der Waals surface area contributed by atoms with Crippen molar-refractivity contribution in [1.82, 2.24) is 9.78 Å². The largest absolute Gasteiger partial charge is 0.478 e. The molecule has 1 N–H and O–H groups in total. The fourth-order valence-corrected chi connectivity index (χ4v) is 1.39. The summed E-state index contributed by atoms with van der Waals surface area (Å²) in [5.74, 6) is -0.665. The molecule has 0 spiro atoms. The summed E-state index contributed by atoms with van der Waals surface area (Å²) in [7, 11) is 1.77. The van der Waals surface area contributed by atoms with E-state index in [0.717, 1.165) is 12.1 Å². The number of carbonyl (C=O) groups is 1. The molecule has 0 saturated carbocycles. The molecule has 4 heteroatoms. The summed E-state index contributed by atoms with van der Waals surface area (Å²) in [6.07, 6.45) is 2.32. The maximum atomic E-state index is 10.8. The first-order valence-electron chi connectivity index (χ1n) is 4.33. The summed E-state index contributed by atoms with van der Waals surface area (Å²) in [6, 6.07) is 0. The summed E-state index contributed by atoms with van der Waals surface area (Å²) in [4.78, 5) is 10.8. The summed E-state index contributed by atoms with van der Waals surface area (Å²) < 4.78 is 1.64. The highest BCUT2D eigenvalue weighted by atomic mass is 16.4. The van der Waals surface area contributed by atoms with Gasteiger partial charge in [-0.25, -0.2) is 4.79 Å². The number of hydrogen-bond donors (Lipinski definition) is 1. The maximum absolute atomic E-state index is 10.8. The van der Waals surface area contributed by atoms with E-state index >= 15 is 0 Å². The van der Waals surface area contributed by atoms with Gasteiger partial charge in [0.25, 0.3) is 0 Å². The topological polar surface area (TPSA) is 55.1 Å². The lowest BCUT2D eigenvalue weighted by Crippen LogP contribution is -2.07. The van der Waals surface area contributed by atoms with Gasteiger partial charge in [0, 0.05) is 7.05 Å². The fourth-order valence-electron chi connectivity index (χ4n) is 1.39. The van der Waals surface area contributed by atoms with Crippen molar-refractivity contribution in [2.24, 2.45) is 7.05 Å². The smallest absolute Gasteiger partial charge is 0.339 e. The van der Waals surface area contributed by atoms with Crippen molar-refractivity contribution in [3.63, 3.8) is 0 Å². The quantitative estimate of drug-likeness (QED) is 0.773. The number of aromatic nitrogens is 2. The van der Waals surface area contributed by atoms with Crippen molar-refractivity contribution in [3.8, 4) is 0 Å². The van der Waals surface area contributed by atoms with E-state index in [1.54, 1.807) is 11.7 Å².